The minimum atomic E-state index is -3.97. The third-order valence-corrected chi connectivity index (χ3v) is 8.04. The maximum atomic E-state index is 13.7. The molecule has 2 atom stereocenters. The monoisotopic (exact) mass is 472 g/mol. The molecule has 8 heteroatoms. The van der Waals surface area contributed by atoms with E-state index >= 15 is 0 Å². The Morgan fingerprint density at radius 2 is 1.77 bits per heavy atom. The number of anilines is 1. The van der Waals surface area contributed by atoms with E-state index in [0.717, 1.165) is 11.1 Å². The van der Waals surface area contributed by atoms with E-state index in [2.05, 4.69) is 4.99 Å². The summed E-state index contributed by atoms with van der Waals surface area (Å²) in [5.74, 6) is 0.352. The number of rotatable bonds is 3. The van der Waals surface area contributed by atoms with Crippen molar-refractivity contribution in [2.75, 3.05) is 10.8 Å². The highest BCUT2D eigenvalue weighted by Gasteiger charge is 2.58. The van der Waals surface area contributed by atoms with Crippen LogP contribution in [0, 0.1) is 6.92 Å². The van der Waals surface area contributed by atoms with Gasteiger partial charge in [0.2, 0.25) is 12.1 Å². The molecule has 2 heterocycles. The number of sulfonamides is 1. The Bertz CT molecular complexity index is 1290. The summed E-state index contributed by atoms with van der Waals surface area (Å²) in [6.45, 7) is 2.05. The Labute approximate surface area is 190 Å². The van der Waals surface area contributed by atoms with E-state index in [1.807, 2.05) is 37.3 Å². The van der Waals surface area contributed by atoms with Crippen molar-refractivity contribution in [3.63, 3.8) is 0 Å². The van der Waals surface area contributed by atoms with Crippen LogP contribution in [0.15, 0.2) is 82.7 Å². The number of benzene rings is 3. The van der Waals surface area contributed by atoms with Crippen LogP contribution in [-0.2, 0) is 19.6 Å². The van der Waals surface area contributed by atoms with Crippen molar-refractivity contribution in [1.82, 2.24) is 0 Å². The Morgan fingerprint density at radius 1 is 1.06 bits per heavy atom. The van der Waals surface area contributed by atoms with E-state index in [-0.39, 0.29) is 11.4 Å². The first-order chi connectivity index (χ1) is 14.8. The van der Waals surface area contributed by atoms with Gasteiger partial charge in [0, 0.05) is 16.1 Å². The number of alkyl halides is 1. The zero-order chi connectivity index (χ0) is 21.8. The summed E-state index contributed by atoms with van der Waals surface area (Å²) in [5, 5.41) is 0.463. The van der Waals surface area contributed by atoms with E-state index in [9.17, 15) is 8.42 Å². The van der Waals surface area contributed by atoms with Gasteiger partial charge in [-0.2, -0.15) is 0 Å². The lowest BCUT2D eigenvalue weighted by Gasteiger charge is -2.36. The number of aliphatic imine (C=N–C) groups is 1. The normalized spacial score (nSPS) is 22.4. The minimum Gasteiger partial charge on any atom is -0.450 e. The lowest BCUT2D eigenvalue weighted by atomic mass is 9.98. The molecule has 5 nitrogen and oxygen atoms in total. The van der Waals surface area contributed by atoms with Crippen molar-refractivity contribution in [2.45, 2.75) is 22.9 Å². The van der Waals surface area contributed by atoms with Gasteiger partial charge in [0.05, 0.1) is 17.1 Å². The third-order valence-electron chi connectivity index (χ3n) is 5.52. The number of halogens is 2. The third kappa shape index (κ3) is 3.21. The molecule has 5 rings (SSSR count). The first-order valence-corrected chi connectivity index (χ1v) is 11.9. The molecule has 3 aromatic rings. The summed E-state index contributed by atoms with van der Waals surface area (Å²) in [7, 11) is -3.97. The first-order valence-electron chi connectivity index (χ1n) is 9.67. The van der Waals surface area contributed by atoms with Crippen LogP contribution in [0.25, 0.3) is 0 Å². The fourth-order valence-corrected chi connectivity index (χ4v) is 6.12. The zero-order valence-electron chi connectivity index (χ0n) is 16.5. The first kappa shape index (κ1) is 20.4. The Kier molecular flexibility index (Phi) is 4.77. The smallest absolute Gasteiger partial charge is 0.267 e. The van der Waals surface area contributed by atoms with Crippen LogP contribution in [0.2, 0.25) is 5.02 Å². The second kappa shape index (κ2) is 7.26. The molecule has 2 aliphatic rings. The number of hydrogen-bond acceptors (Lipinski definition) is 4. The number of hydrogen-bond donors (Lipinski definition) is 0. The molecule has 0 aromatic heterocycles. The van der Waals surface area contributed by atoms with E-state index < -0.39 is 21.1 Å². The molecule has 0 spiro atoms. The van der Waals surface area contributed by atoms with Crippen LogP contribution in [0.3, 0.4) is 0 Å². The van der Waals surface area contributed by atoms with Crippen LogP contribution < -0.4 is 4.31 Å². The van der Waals surface area contributed by atoms with E-state index in [1.165, 1.54) is 4.31 Å². The number of nitrogens with zero attached hydrogens (tertiary/aromatic N) is 2. The number of ether oxygens (including phenoxy) is 1. The van der Waals surface area contributed by atoms with Gasteiger partial charge >= 0.3 is 0 Å². The number of aryl methyl sites for hydroxylation is 1. The molecule has 0 saturated heterocycles. The SMILES string of the molecule is Cc1ccc(S(=O)(=O)N2c3ccc(Cl)cc3[C@]3(Cl)CN=C(c4ccccc4)O[C@H]23)cc1. The van der Waals surface area contributed by atoms with E-state index in [1.54, 1.807) is 42.5 Å². The highest BCUT2D eigenvalue weighted by Crippen LogP contribution is 2.53. The van der Waals surface area contributed by atoms with E-state index in [4.69, 9.17) is 27.9 Å². The lowest BCUT2D eigenvalue weighted by Crippen LogP contribution is -2.51. The van der Waals surface area contributed by atoms with Crippen molar-refractivity contribution in [2.24, 2.45) is 4.99 Å². The van der Waals surface area contributed by atoms with Crippen molar-refractivity contribution in [3.05, 3.63) is 94.5 Å². The van der Waals surface area contributed by atoms with Gasteiger partial charge < -0.3 is 4.74 Å². The molecule has 0 bridgehead atoms. The lowest BCUT2D eigenvalue weighted by molar-refractivity contribution is 0.147. The van der Waals surface area contributed by atoms with Gasteiger partial charge in [-0.25, -0.2) is 17.7 Å². The maximum absolute atomic E-state index is 13.7. The summed E-state index contributed by atoms with van der Waals surface area (Å²) in [6.07, 6.45) is -1.01. The van der Waals surface area contributed by atoms with Crippen molar-refractivity contribution >= 4 is 44.8 Å². The molecular weight excluding hydrogens is 455 g/mol. The Morgan fingerprint density at radius 3 is 2.48 bits per heavy atom. The number of fused-ring (bicyclic) bond motifs is 3. The quantitative estimate of drug-likeness (QED) is 0.498. The predicted octanol–water partition coefficient (Wildman–Crippen LogP) is 5.09. The average molecular weight is 473 g/mol. The molecule has 2 aliphatic heterocycles. The van der Waals surface area contributed by atoms with Gasteiger partial charge in [-0.3, -0.25) is 0 Å². The van der Waals surface area contributed by atoms with Gasteiger partial charge in [0.1, 0.15) is 4.87 Å². The second-order valence-corrected chi connectivity index (χ2v) is 10.5. The largest absolute Gasteiger partial charge is 0.450 e. The molecule has 31 heavy (non-hydrogen) atoms. The van der Waals surface area contributed by atoms with Crippen LogP contribution in [-0.4, -0.2) is 27.1 Å². The summed E-state index contributed by atoms with van der Waals surface area (Å²) < 4.78 is 34.9. The van der Waals surface area contributed by atoms with Gasteiger partial charge in [-0.05, 0) is 49.4 Å². The molecule has 0 radical (unpaired) electrons. The molecule has 3 aromatic carbocycles. The van der Waals surface area contributed by atoms with E-state index in [0.29, 0.717) is 22.2 Å². The molecule has 158 valence electrons. The molecule has 0 unspecified atom stereocenters. The van der Waals surface area contributed by atoms with Crippen molar-refractivity contribution < 1.29 is 13.2 Å². The van der Waals surface area contributed by atoms with Crippen LogP contribution in [0.1, 0.15) is 16.7 Å². The molecular formula is C23H18Cl2N2O3S. The van der Waals surface area contributed by atoms with Gasteiger partial charge in [0.25, 0.3) is 10.0 Å². The molecule has 0 aliphatic carbocycles. The standard InChI is InChI=1S/C23H18Cl2N2O3S/c1-15-7-10-18(11-8-15)31(28,29)27-20-12-9-17(24)13-19(20)23(25)14-26-21(30-22(23)27)16-5-3-2-4-6-16/h2-13,22H,14H2,1H3/t22-,23+/m0/s1. The summed E-state index contributed by atoms with van der Waals surface area (Å²) >= 11 is 13.3. The van der Waals surface area contributed by atoms with Gasteiger partial charge in [0.15, 0.2) is 0 Å². The Hall–Kier alpha value is -2.54. The molecule has 0 saturated carbocycles. The second-order valence-electron chi connectivity index (χ2n) is 7.60. The topological polar surface area (TPSA) is 59.0 Å². The molecule has 0 amide bonds. The van der Waals surface area contributed by atoms with Crippen LogP contribution in [0.4, 0.5) is 5.69 Å². The fourth-order valence-electron chi connectivity index (χ4n) is 3.93. The fraction of sp³-hybridized carbons (Fsp3) is 0.174. The zero-order valence-corrected chi connectivity index (χ0v) is 18.8. The average Bonchev–Trinajstić information content (AvgIpc) is 3.03. The molecule has 0 fully saturated rings. The van der Waals surface area contributed by atoms with Crippen LogP contribution >= 0.6 is 23.2 Å². The van der Waals surface area contributed by atoms with Gasteiger partial charge in [-0.1, -0.05) is 47.5 Å². The summed E-state index contributed by atoms with van der Waals surface area (Å²) in [5.41, 5.74) is 2.74. The maximum Gasteiger partial charge on any atom is 0.267 e. The van der Waals surface area contributed by atoms with Crippen molar-refractivity contribution in [3.8, 4) is 0 Å². The summed E-state index contributed by atoms with van der Waals surface area (Å²) in [4.78, 5) is 3.50. The summed E-state index contributed by atoms with van der Waals surface area (Å²) in [6, 6.07) is 21.0. The van der Waals surface area contributed by atoms with Crippen LogP contribution in [0.5, 0.6) is 0 Å². The predicted molar refractivity (Wildman–Crippen MR) is 123 cm³/mol. The highest BCUT2D eigenvalue weighted by atomic mass is 35.5. The Balaban J connectivity index is 1.67. The van der Waals surface area contributed by atoms with Crippen molar-refractivity contribution in [1.29, 1.82) is 0 Å². The minimum absolute atomic E-state index is 0.150. The molecule has 0 N–H and O–H groups in total. The highest BCUT2D eigenvalue weighted by molar-refractivity contribution is 7.92. The van der Waals surface area contributed by atoms with Gasteiger partial charge in [-0.15, -0.1) is 11.6 Å².